The third-order valence-electron chi connectivity index (χ3n) is 3.59. The molecule has 1 N–H and O–H groups in total. The van der Waals surface area contributed by atoms with Crippen LogP contribution in [0.25, 0.3) is 22.4 Å². The fourth-order valence-corrected chi connectivity index (χ4v) is 2.73. The Morgan fingerprint density at radius 1 is 1.14 bits per heavy atom. The first kappa shape index (κ1) is 14.0. The van der Waals surface area contributed by atoms with Gasteiger partial charge in [0, 0.05) is 29.9 Å². The van der Waals surface area contributed by atoms with Gasteiger partial charge >= 0.3 is 0 Å². The minimum Gasteiger partial charge on any atom is -0.388 e. The maximum Gasteiger partial charge on any atom is 0.141 e. The van der Waals surface area contributed by atoms with Crippen LogP contribution in [0.2, 0.25) is 5.02 Å². The van der Waals surface area contributed by atoms with E-state index in [2.05, 4.69) is 41.1 Å². The fraction of sp³-hybridized carbons (Fsp3) is 0.235. The topological polar surface area (TPSA) is 29.9 Å². The van der Waals surface area contributed by atoms with Crippen molar-refractivity contribution in [3.8, 4) is 11.4 Å². The Morgan fingerprint density at radius 3 is 2.57 bits per heavy atom. The molecule has 0 saturated heterocycles. The average molecular weight is 300 g/mol. The van der Waals surface area contributed by atoms with Crippen molar-refractivity contribution in [1.82, 2.24) is 9.55 Å². The number of rotatable bonds is 4. The number of aromatic nitrogens is 2. The molecule has 0 aliphatic rings. The molecule has 1 aromatic heterocycles. The van der Waals surface area contributed by atoms with Crippen LogP contribution in [0.4, 0.5) is 5.69 Å². The van der Waals surface area contributed by atoms with Crippen molar-refractivity contribution in [3.05, 3.63) is 47.5 Å². The van der Waals surface area contributed by atoms with Crippen molar-refractivity contribution in [2.75, 3.05) is 12.4 Å². The fourth-order valence-electron chi connectivity index (χ4n) is 2.56. The zero-order chi connectivity index (χ0) is 14.8. The van der Waals surface area contributed by atoms with Crippen molar-refractivity contribution in [3.63, 3.8) is 0 Å². The molecular formula is C17H18ClN3. The van der Waals surface area contributed by atoms with E-state index in [4.69, 9.17) is 16.6 Å². The average Bonchev–Trinajstić information content (AvgIpc) is 2.85. The first-order valence-electron chi connectivity index (χ1n) is 7.17. The lowest BCUT2D eigenvalue weighted by molar-refractivity contribution is 0.704. The van der Waals surface area contributed by atoms with Gasteiger partial charge in [-0.2, -0.15) is 0 Å². The normalized spacial score (nSPS) is 11.0. The van der Waals surface area contributed by atoms with E-state index in [1.165, 1.54) is 0 Å². The zero-order valence-electron chi connectivity index (χ0n) is 12.2. The number of anilines is 1. The summed E-state index contributed by atoms with van der Waals surface area (Å²) in [5.74, 6) is 0.997. The van der Waals surface area contributed by atoms with Gasteiger partial charge in [0.1, 0.15) is 5.82 Å². The van der Waals surface area contributed by atoms with Crippen LogP contribution in [0.15, 0.2) is 42.5 Å². The van der Waals surface area contributed by atoms with Crippen molar-refractivity contribution < 1.29 is 0 Å². The van der Waals surface area contributed by atoms with Crippen LogP contribution in [0.1, 0.15) is 13.3 Å². The van der Waals surface area contributed by atoms with Gasteiger partial charge in [0.25, 0.3) is 0 Å². The second-order valence-corrected chi connectivity index (χ2v) is 5.48. The predicted octanol–water partition coefficient (Wildman–Crippen LogP) is 4.81. The molecule has 2 aromatic carbocycles. The largest absolute Gasteiger partial charge is 0.388 e. The number of fused-ring (bicyclic) bond motifs is 1. The van der Waals surface area contributed by atoms with Gasteiger partial charge < -0.3 is 9.88 Å². The summed E-state index contributed by atoms with van der Waals surface area (Å²) in [5, 5.41) is 3.86. The summed E-state index contributed by atoms with van der Waals surface area (Å²) in [6, 6.07) is 14.2. The van der Waals surface area contributed by atoms with E-state index in [1.54, 1.807) is 0 Å². The van der Waals surface area contributed by atoms with Gasteiger partial charge in [0.2, 0.25) is 0 Å². The molecule has 21 heavy (non-hydrogen) atoms. The van der Waals surface area contributed by atoms with Crippen molar-refractivity contribution in [1.29, 1.82) is 0 Å². The highest BCUT2D eigenvalue weighted by Crippen LogP contribution is 2.27. The molecule has 0 radical (unpaired) electrons. The van der Waals surface area contributed by atoms with Crippen molar-refractivity contribution >= 4 is 28.3 Å². The third kappa shape index (κ3) is 2.61. The quantitative estimate of drug-likeness (QED) is 0.749. The molecule has 0 aliphatic carbocycles. The predicted molar refractivity (Wildman–Crippen MR) is 90.0 cm³/mol. The highest BCUT2D eigenvalue weighted by atomic mass is 35.5. The zero-order valence-corrected chi connectivity index (χ0v) is 13.0. The van der Waals surface area contributed by atoms with E-state index in [-0.39, 0.29) is 0 Å². The minimum absolute atomic E-state index is 0.723. The SMILES string of the molecule is CCCn1c(-c2ccc(NC)cc2)nc2cc(Cl)ccc21. The molecule has 108 valence electrons. The lowest BCUT2D eigenvalue weighted by Crippen LogP contribution is -1.99. The Bertz CT molecular complexity index is 760. The summed E-state index contributed by atoms with van der Waals surface area (Å²) in [6.07, 6.45) is 1.07. The number of benzene rings is 2. The molecule has 0 fully saturated rings. The highest BCUT2D eigenvalue weighted by Gasteiger charge is 2.12. The highest BCUT2D eigenvalue weighted by molar-refractivity contribution is 6.31. The number of hydrogen-bond acceptors (Lipinski definition) is 2. The molecule has 0 spiro atoms. The van der Waals surface area contributed by atoms with Crippen LogP contribution in [0, 0.1) is 0 Å². The molecular weight excluding hydrogens is 282 g/mol. The van der Waals surface area contributed by atoms with Gasteiger partial charge in [-0.15, -0.1) is 0 Å². The molecule has 3 aromatic rings. The van der Waals surface area contributed by atoms with Gasteiger partial charge in [0.05, 0.1) is 11.0 Å². The van der Waals surface area contributed by atoms with Gasteiger partial charge in [-0.3, -0.25) is 0 Å². The lowest BCUT2D eigenvalue weighted by Gasteiger charge is -2.08. The molecule has 0 bridgehead atoms. The first-order valence-corrected chi connectivity index (χ1v) is 7.54. The molecule has 0 saturated carbocycles. The molecule has 0 amide bonds. The number of nitrogens with zero attached hydrogens (tertiary/aromatic N) is 2. The van der Waals surface area contributed by atoms with Crippen LogP contribution < -0.4 is 5.32 Å². The number of nitrogens with one attached hydrogen (secondary N) is 1. The Labute approximate surface area is 129 Å². The van der Waals surface area contributed by atoms with Crippen molar-refractivity contribution in [2.24, 2.45) is 0 Å². The van der Waals surface area contributed by atoms with E-state index in [0.29, 0.717) is 0 Å². The van der Waals surface area contributed by atoms with Gasteiger partial charge in [-0.1, -0.05) is 18.5 Å². The number of hydrogen-bond donors (Lipinski definition) is 1. The molecule has 0 unspecified atom stereocenters. The maximum atomic E-state index is 6.09. The Hall–Kier alpha value is -2.00. The molecule has 1 heterocycles. The number of imidazole rings is 1. The summed E-state index contributed by atoms with van der Waals surface area (Å²) in [4.78, 5) is 4.78. The van der Waals surface area contributed by atoms with Crippen LogP contribution >= 0.6 is 11.6 Å². The molecule has 4 heteroatoms. The minimum atomic E-state index is 0.723. The summed E-state index contributed by atoms with van der Waals surface area (Å²) >= 11 is 6.09. The molecule has 0 aliphatic heterocycles. The summed E-state index contributed by atoms with van der Waals surface area (Å²) in [6.45, 7) is 3.12. The third-order valence-corrected chi connectivity index (χ3v) is 3.82. The lowest BCUT2D eigenvalue weighted by atomic mass is 10.2. The summed E-state index contributed by atoms with van der Waals surface area (Å²) in [5.41, 5.74) is 4.30. The summed E-state index contributed by atoms with van der Waals surface area (Å²) < 4.78 is 2.26. The second-order valence-electron chi connectivity index (χ2n) is 5.05. The Morgan fingerprint density at radius 2 is 1.90 bits per heavy atom. The number of halogens is 1. The van der Waals surface area contributed by atoms with E-state index >= 15 is 0 Å². The van der Waals surface area contributed by atoms with Crippen LogP contribution in [-0.4, -0.2) is 16.6 Å². The van der Waals surface area contributed by atoms with Crippen LogP contribution in [-0.2, 0) is 6.54 Å². The van der Waals surface area contributed by atoms with Crippen molar-refractivity contribution in [2.45, 2.75) is 19.9 Å². The molecule has 3 nitrogen and oxygen atoms in total. The standard InChI is InChI=1S/C17H18ClN3/c1-3-10-21-16-9-6-13(18)11-15(16)20-17(21)12-4-7-14(19-2)8-5-12/h4-9,11,19H,3,10H2,1-2H3. The van der Waals surface area contributed by atoms with E-state index in [1.807, 2.05) is 25.2 Å². The van der Waals surface area contributed by atoms with Gasteiger partial charge in [-0.25, -0.2) is 4.98 Å². The Kier molecular flexibility index (Phi) is 3.84. The molecule has 0 atom stereocenters. The van der Waals surface area contributed by atoms with Crippen LogP contribution in [0.3, 0.4) is 0 Å². The second kappa shape index (κ2) is 5.78. The first-order chi connectivity index (χ1) is 10.2. The van der Waals surface area contributed by atoms with E-state index < -0.39 is 0 Å². The van der Waals surface area contributed by atoms with Gasteiger partial charge in [-0.05, 0) is 48.9 Å². The monoisotopic (exact) mass is 299 g/mol. The van der Waals surface area contributed by atoms with E-state index in [9.17, 15) is 0 Å². The Balaban J connectivity index is 2.17. The van der Waals surface area contributed by atoms with Crippen LogP contribution in [0.5, 0.6) is 0 Å². The van der Waals surface area contributed by atoms with Gasteiger partial charge in [0.15, 0.2) is 0 Å². The number of aryl methyl sites for hydroxylation is 1. The smallest absolute Gasteiger partial charge is 0.141 e. The molecule has 3 rings (SSSR count). The van der Waals surface area contributed by atoms with E-state index in [0.717, 1.165) is 46.1 Å². The maximum absolute atomic E-state index is 6.09. The summed E-state index contributed by atoms with van der Waals surface area (Å²) in [7, 11) is 1.92.